The van der Waals surface area contributed by atoms with E-state index < -0.39 is 12.1 Å². The minimum absolute atomic E-state index is 0.118. The molecule has 1 atom stereocenters. The summed E-state index contributed by atoms with van der Waals surface area (Å²) in [5, 5.41) is 9.62. The van der Waals surface area contributed by atoms with Crippen LogP contribution in [0.15, 0.2) is 30.3 Å². The monoisotopic (exact) mass is 195 g/mol. The lowest BCUT2D eigenvalue weighted by Crippen LogP contribution is -2.11. The van der Waals surface area contributed by atoms with Crippen molar-refractivity contribution in [2.75, 3.05) is 0 Å². The summed E-state index contributed by atoms with van der Waals surface area (Å²) in [5.41, 5.74) is 0.789. The highest BCUT2D eigenvalue weighted by atomic mass is 16.7. The van der Waals surface area contributed by atoms with Gasteiger partial charge in [0, 0.05) is 0 Å². The summed E-state index contributed by atoms with van der Waals surface area (Å²) >= 11 is 0. The molecule has 1 unspecified atom stereocenters. The number of hydrogen-bond donors (Lipinski definition) is 2. The molecule has 14 heavy (non-hydrogen) atoms. The van der Waals surface area contributed by atoms with Crippen molar-refractivity contribution in [3.8, 4) is 0 Å². The van der Waals surface area contributed by atoms with E-state index in [0.717, 1.165) is 5.56 Å². The van der Waals surface area contributed by atoms with Crippen LogP contribution in [0.25, 0.3) is 0 Å². The van der Waals surface area contributed by atoms with Gasteiger partial charge in [-0.2, -0.15) is 5.90 Å². The van der Waals surface area contributed by atoms with E-state index in [0.29, 0.717) is 6.42 Å². The molecule has 0 aliphatic rings. The molecule has 4 nitrogen and oxygen atoms in total. The minimum atomic E-state index is -0.643. The topological polar surface area (TPSA) is 72.5 Å². The van der Waals surface area contributed by atoms with E-state index in [1.165, 1.54) is 0 Å². The van der Waals surface area contributed by atoms with E-state index in [1.54, 1.807) is 12.1 Å². The molecular weight excluding hydrogens is 182 g/mol. The summed E-state index contributed by atoms with van der Waals surface area (Å²) in [5.74, 6) is 4.15. The third kappa shape index (κ3) is 3.16. The first-order chi connectivity index (χ1) is 6.74. The molecule has 0 spiro atoms. The molecule has 1 aromatic carbocycles. The van der Waals surface area contributed by atoms with Gasteiger partial charge in [0.2, 0.25) is 0 Å². The Bertz CT molecular complexity index is 287. The highest BCUT2D eigenvalue weighted by Crippen LogP contribution is 2.17. The van der Waals surface area contributed by atoms with Crippen LogP contribution in [0.5, 0.6) is 0 Å². The number of benzene rings is 1. The van der Waals surface area contributed by atoms with Gasteiger partial charge >= 0.3 is 5.97 Å². The van der Waals surface area contributed by atoms with Crippen molar-refractivity contribution < 1.29 is 14.7 Å². The van der Waals surface area contributed by atoms with E-state index in [2.05, 4.69) is 10.7 Å². The molecule has 0 aromatic heterocycles. The van der Waals surface area contributed by atoms with Gasteiger partial charge in [0.05, 0.1) is 12.5 Å². The van der Waals surface area contributed by atoms with Crippen LogP contribution in [0.3, 0.4) is 0 Å². The van der Waals surface area contributed by atoms with E-state index >= 15 is 0 Å². The van der Waals surface area contributed by atoms with E-state index in [-0.39, 0.29) is 6.42 Å². The largest absolute Gasteiger partial charge is 0.388 e. The molecule has 76 valence electrons. The molecule has 0 fully saturated rings. The van der Waals surface area contributed by atoms with Crippen molar-refractivity contribution in [3.05, 3.63) is 35.9 Å². The second-order valence-corrected chi connectivity index (χ2v) is 2.96. The van der Waals surface area contributed by atoms with Crippen LogP contribution < -0.4 is 5.90 Å². The van der Waals surface area contributed by atoms with Crippen LogP contribution in [0, 0.1) is 0 Å². The van der Waals surface area contributed by atoms with Crippen LogP contribution in [-0.4, -0.2) is 11.1 Å². The van der Waals surface area contributed by atoms with Gasteiger partial charge in [0.1, 0.15) is 0 Å². The number of aliphatic hydroxyl groups excluding tert-OH is 1. The second-order valence-electron chi connectivity index (χ2n) is 2.96. The Balaban J connectivity index is 2.43. The maximum Gasteiger partial charge on any atom is 0.324 e. The van der Waals surface area contributed by atoms with Gasteiger partial charge in [0.15, 0.2) is 0 Å². The van der Waals surface area contributed by atoms with E-state index in [9.17, 15) is 9.90 Å². The molecule has 4 heteroatoms. The smallest absolute Gasteiger partial charge is 0.324 e. The Labute approximate surface area is 82.3 Å². The first kappa shape index (κ1) is 10.7. The molecule has 0 amide bonds. The van der Waals surface area contributed by atoms with Gasteiger partial charge in [-0.05, 0) is 12.0 Å². The number of carbonyl (C=O) groups excluding carboxylic acids is 1. The molecule has 0 saturated carbocycles. The predicted molar refractivity (Wildman–Crippen MR) is 50.9 cm³/mol. The lowest BCUT2D eigenvalue weighted by Gasteiger charge is -2.09. The maximum atomic E-state index is 10.7. The SMILES string of the molecule is NOC(=O)CCC(O)c1ccccc1. The second kappa shape index (κ2) is 5.36. The number of rotatable bonds is 4. The summed E-state index contributed by atoms with van der Waals surface area (Å²) < 4.78 is 0. The quantitative estimate of drug-likeness (QED) is 0.700. The van der Waals surface area contributed by atoms with Crippen LogP contribution in [-0.2, 0) is 9.63 Å². The van der Waals surface area contributed by atoms with Gasteiger partial charge in [-0.25, -0.2) is 0 Å². The summed E-state index contributed by atoms with van der Waals surface area (Å²) in [6.45, 7) is 0. The normalized spacial score (nSPS) is 12.1. The number of hydrogen-bond acceptors (Lipinski definition) is 4. The summed E-state index contributed by atoms with van der Waals surface area (Å²) in [4.78, 5) is 14.7. The Kier molecular flexibility index (Phi) is 4.10. The molecule has 0 heterocycles. The van der Waals surface area contributed by atoms with Crippen molar-refractivity contribution in [1.82, 2.24) is 0 Å². The van der Waals surface area contributed by atoms with Crippen molar-refractivity contribution >= 4 is 5.97 Å². The fraction of sp³-hybridized carbons (Fsp3) is 0.300. The Hall–Kier alpha value is -1.39. The fourth-order valence-electron chi connectivity index (χ4n) is 1.16. The number of carbonyl (C=O) groups is 1. The molecule has 0 aliphatic carbocycles. The molecule has 1 aromatic rings. The van der Waals surface area contributed by atoms with Gasteiger partial charge in [-0.15, -0.1) is 0 Å². The van der Waals surface area contributed by atoms with Gasteiger partial charge in [-0.1, -0.05) is 30.3 Å². The molecule has 3 N–H and O–H groups in total. The molecule has 1 rings (SSSR count). The lowest BCUT2D eigenvalue weighted by atomic mass is 10.1. The minimum Gasteiger partial charge on any atom is -0.388 e. The summed E-state index contributed by atoms with van der Waals surface area (Å²) in [7, 11) is 0. The summed E-state index contributed by atoms with van der Waals surface area (Å²) in [6.07, 6.45) is -0.206. The zero-order valence-corrected chi connectivity index (χ0v) is 7.72. The molecular formula is C10H13NO3. The molecule has 0 radical (unpaired) electrons. The third-order valence-corrected chi connectivity index (χ3v) is 1.94. The highest BCUT2D eigenvalue weighted by molar-refractivity contribution is 5.68. The van der Waals surface area contributed by atoms with Crippen LogP contribution in [0.4, 0.5) is 0 Å². The van der Waals surface area contributed by atoms with Crippen molar-refractivity contribution in [2.24, 2.45) is 5.90 Å². The van der Waals surface area contributed by atoms with Gasteiger partial charge < -0.3 is 9.94 Å². The average Bonchev–Trinajstić information content (AvgIpc) is 2.26. The van der Waals surface area contributed by atoms with E-state index in [4.69, 9.17) is 0 Å². The van der Waals surface area contributed by atoms with Gasteiger partial charge in [-0.3, -0.25) is 4.79 Å². The lowest BCUT2D eigenvalue weighted by molar-refractivity contribution is -0.144. The highest BCUT2D eigenvalue weighted by Gasteiger charge is 2.09. The van der Waals surface area contributed by atoms with Crippen LogP contribution >= 0.6 is 0 Å². The number of aliphatic hydroxyl groups is 1. The molecule has 0 aliphatic heterocycles. The zero-order valence-electron chi connectivity index (χ0n) is 7.72. The Morgan fingerprint density at radius 1 is 1.43 bits per heavy atom. The van der Waals surface area contributed by atoms with Crippen molar-refractivity contribution in [1.29, 1.82) is 0 Å². The van der Waals surface area contributed by atoms with Crippen molar-refractivity contribution in [3.63, 3.8) is 0 Å². The zero-order chi connectivity index (χ0) is 10.4. The van der Waals surface area contributed by atoms with Crippen LogP contribution in [0.2, 0.25) is 0 Å². The Morgan fingerprint density at radius 2 is 2.07 bits per heavy atom. The van der Waals surface area contributed by atoms with E-state index in [1.807, 2.05) is 18.2 Å². The first-order valence-electron chi connectivity index (χ1n) is 4.36. The molecule has 0 bridgehead atoms. The summed E-state index contributed by atoms with van der Waals surface area (Å²) in [6, 6.07) is 9.14. The molecule has 0 saturated heterocycles. The maximum absolute atomic E-state index is 10.7. The van der Waals surface area contributed by atoms with Crippen molar-refractivity contribution in [2.45, 2.75) is 18.9 Å². The fourth-order valence-corrected chi connectivity index (χ4v) is 1.16. The van der Waals surface area contributed by atoms with Gasteiger partial charge in [0.25, 0.3) is 0 Å². The third-order valence-electron chi connectivity index (χ3n) is 1.94. The Morgan fingerprint density at radius 3 is 2.64 bits per heavy atom. The average molecular weight is 195 g/mol. The van der Waals surface area contributed by atoms with Crippen LogP contribution in [0.1, 0.15) is 24.5 Å². The number of nitrogens with two attached hydrogens (primary N) is 1. The predicted octanol–water partition coefficient (Wildman–Crippen LogP) is 0.917. The first-order valence-corrected chi connectivity index (χ1v) is 4.36. The standard InChI is InChI=1S/C10H13NO3/c11-14-10(13)7-6-9(12)8-4-2-1-3-5-8/h1-5,9,12H,6-7,11H2.